The van der Waals surface area contributed by atoms with Gasteiger partial charge < -0.3 is 14.7 Å². The van der Waals surface area contributed by atoms with E-state index in [1.54, 1.807) is 25.3 Å². The first-order chi connectivity index (χ1) is 11.8. The van der Waals surface area contributed by atoms with Crippen LogP contribution in [0.25, 0.3) is 22.3 Å². The number of alkyl halides is 3. The molecule has 0 atom stereocenters. The first kappa shape index (κ1) is 16.8. The van der Waals surface area contributed by atoms with Crippen LogP contribution >= 0.6 is 0 Å². The van der Waals surface area contributed by atoms with Gasteiger partial charge in [-0.05, 0) is 31.2 Å². The highest BCUT2D eigenvalue weighted by atomic mass is 19.4. The summed E-state index contributed by atoms with van der Waals surface area (Å²) < 4.78 is 44.7. The molecule has 1 aromatic carbocycles. The molecule has 0 aliphatic heterocycles. The fraction of sp³-hybridized carbons (Fsp3) is 0.176. The van der Waals surface area contributed by atoms with E-state index in [1.807, 2.05) is 0 Å². The van der Waals surface area contributed by atoms with Crippen molar-refractivity contribution in [3.05, 3.63) is 57.9 Å². The van der Waals surface area contributed by atoms with Crippen molar-refractivity contribution in [1.82, 2.24) is 9.97 Å². The van der Waals surface area contributed by atoms with E-state index in [1.165, 1.54) is 12.1 Å². The van der Waals surface area contributed by atoms with E-state index in [9.17, 15) is 22.8 Å². The van der Waals surface area contributed by atoms with Crippen molar-refractivity contribution < 1.29 is 22.7 Å². The quantitative estimate of drug-likeness (QED) is 0.707. The Bertz CT molecular complexity index is 989. The van der Waals surface area contributed by atoms with Crippen LogP contribution < -0.4 is 5.43 Å². The number of rotatable bonds is 3. The lowest BCUT2D eigenvalue weighted by Crippen LogP contribution is -2.23. The molecule has 0 fully saturated rings. The average Bonchev–Trinajstić information content (AvgIpc) is 3.07. The highest BCUT2D eigenvalue weighted by Crippen LogP contribution is 2.34. The molecule has 0 saturated heterocycles. The van der Waals surface area contributed by atoms with E-state index in [-0.39, 0.29) is 17.8 Å². The van der Waals surface area contributed by atoms with Gasteiger partial charge in [0.05, 0.1) is 34.5 Å². The number of hydrogen-bond acceptors (Lipinski definition) is 3. The van der Waals surface area contributed by atoms with Gasteiger partial charge in [-0.15, -0.1) is 0 Å². The summed E-state index contributed by atoms with van der Waals surface area (Å²) >= 11 is 0. The second kappa shape index (κ2) is 6.12. The molecule has 0 bridgehead atoms. The van der Waals surface area contributed by atoms with E-state index in [0.717, 1.165) is 6.07 Å². The lowest BCUT2D eigenvalue weighted by Gasteiger charge is -2.13. The Hall–Kier alpha value is -3.03. The molecule has 0 spiro atoms. The first-order valence-electron chi connectivity index (χ1n) is 7.41. The molecule has 130 valence electrons. The van der Waals surface area contributed by atoms with Gasteiger partial charge in [0.25, 0.3) is 0 Å². The summed E-state index contributed by atoms with van der Waals surface area (Å²) in [4.78, 5) is 30.6. The molecular formula is C17H13F3N2O3. The minimum Gasteiger partial charge on any atom is -0.462 e. The average molecular weight is 350 g/mol. The lowest BCUT2D eigenvalue weighted by molar-refractivity contribution is -0.136. The number of aromatic amines is 2. The van der Waals surface area contributed by atoms with Gasteiger partial charge in [-0.1, -0.05) is 6.07 Å². The highest BCUT2D eigenvalue weighted by Gasteiger charge is 2.35. The summed E-state index contributed by atoms with van der Waals surface area (Å²) in [5.41, 5.74) is -2.13. The Morgan fingerprint density at radius 2 is 1.96 bits per heavy atom. The zero-order valence-electron chi connectivity index (χ0n) is 13.0. The van der Waals surface area contributed by atoms with Crippen molar-refractivity contribution in [3.8, 4) is 11.4 Å². The van der Waals surface area contributed by atoms with Crippen LogP contribution in [-0.2, 0) is 10.9 Å². The number of nitrogens with one attached hydrogen (secondary N) is 2. The molecule has 8 heteroatoms. The number of hydrogen-bond donors (Lipinski definition) is 2. The maximum absolute atomic E-state index is 13.3. The van der Waals surface area contributed by atoms with Crippen molar-refractivity contribution in [2.45, 2.75) is 13.1 Å². The van der Waals surface area contributed by atoms with Gasteiger partial charge in [-0.25, -0.2) is 4.79 Å². The molecule has 3 rings (SSSR count). The topological polar surface area (TPSA) is 75.0 Å². The second-order valence-corrected chi connectivity index (χ2v) is 5.23. The number of aromatic nitrogens is 2. The molecule has 2 heterocycles. The third-order valence-corrected chi connectivity index (χ3v) is 3.68. The Morgan fingerprint density at radius 1 is 1.20 bits per heavy atom. The van der Waals surface area contributed by atoms with Gasteiger partial charge in [-0.3, -0.25) is 4.79 Å². The minimum absolute atomic E-state index is 0.0125. The number of ether oxygens (including phenoxy) is 1. The third-order valence-electron chi connectivity index (χ3n) is 3.68. The summed E-state index contributed by atoms with van der Waals surface area (Å²) in [6.07, 6.45) is -3.16. The number of carbonyl (C=O) groups excluding carboxylic acids is 1. The van der Waals surface area contributed by atoms with E-state index < -0.39 is 34.1 Å². The van der Waals surface area contributed by atoms with Crippen LogP contribution in [0.15, 0.2) is 41.3 Å². The molecule has 3 aromatic rings. The third kappa shape index (κ3) is 2.90. The van der Waals surface area contributed by atoms with E-state index in [0.29, 0.717) is 5.69 Å². The molecule has 5 nitrogen and oxygen atoms in total. The van der Waals surface area contributed by atoms with Crippen LogP contribution in [0.5, 0.6) is 0 Å². The van der Waals surface area contributed by atoms with Crippen LogP contribution in [0.1, 0.15) is 22.8 Å². The predicted molar refractivity (Wildman–Crippen MR) is 85.3 cm³/mol. The van der Waals surface area contributed by atoms with Crippen molar-refractivity contribution in [1.29, 1.82) is 0 Å². The van der Waals surface area contributed by atoms with Crippen LogP contribution in [0.4, 0.5) is 13.2 Å². The normalized spacial score (nSPS) is 11.7. The first-order valence-corrected chi connectivity index (χ1v) is 7.41. The Balaban J connectivity index is 2.43. The predicted octanol–water partition coefficient (Wildman–Crippen LogP) is 3.72. The van der Waals surface area contributed by atoms with Crippen LogP contribution in [-0.4, -0.2) is 22.5 Å². The fourth-order valence-corrected chi connectivity index (χ4v) is 2.66. The molecule has 25 heavy (non-hydrogen) atoms. The van der Waals surface area contributed by atoms with Crippen molar-refractivity contribution in [3.63, 3.8) is 0 Å². The molecule has 2 N–H and O–H groups in total. The van der Waals surface area contributed by atoms with Crippen LogP contribution in [0.3, 0.4) is 0 Å². The number of pyridine rings is 1. The standard InChI is InChI=1S/C17H13F3N2O3/c1-2-25-16(24)13-14(11-7-4-8-21-11)22-10-6-3-5-9(17(18,19)20)12(10)15(13)23/h3-8,21H,2H2,1H3,(H,22,23). The van der Waals surface area contributed by atoms with E-state index in [2.05, 4.69) is 9.97 Å². The lowest BCUT2D eigenvalue weighted by atomic mass is 10.0. The molecule has 0 aliphatic carbocycles. The second-order valence-electron chi connectivity index (χ2n) is 5.23. The summed E-state index contributed by atoms with van der Waals surface area (Å²) in [5.74, 6) is -0.979. The van der Waals surface area contributed by atoms with Crippen LogP contribution in [0, 0.1) is 0 Å². The zero-order chi connectivity index (χ0) is 18.2. The van der Waals surface area contributed by atoms with Gasteiger partial charge in [0, 0.05) is 6.20 Å². The summed E-state index contributed by atoms with van der Waals surface area (Å²) in [7, 11) is 0. The number of halogens is 3. The molecule has 0 saturated carbocycles. The Morgan fingerprint density at radius 3 is 2.56 bits per heavy atom. The number of H-pyrrole nitrogens is 2. The van der Waals surface area contributed by atoms with Gasteiger partial charge in [0.15, 0.2) is 0 Å². The number of esters is 1. The fourth-order valence-electron chi connectivity index (χ4n) is 2.66. The summed E-state index contributed by atoms with van der Waals surface area (Å²) in [6.45, 7) is 1.53. The molecule has 0 amide bonds. The summed E-state index contributed by atoms with van der Waals surface area (Å²) in [6, 6.07) is 6.59. The maximum Gasteiger partial charge on any atom is 0.417 e. The molecule has 2 aromatic heterocycles. The molecule has 0 aliphatic rings. The number of benzene rings is 1. The van der Waals surface area contributed by atoms with Gasteiger partial charge in [-0.2, -0.15) is 13.2 Å². The van der Waals surface area contributed by atoms with E-state index >= 15 is 0 Å². The summed E-state index contributed by atoms with van der Waals surface area (Å²) in [5, 5.41) is -0.589. The largest absolute Gasteiger partial charge is 0.462 e. The van der Waals surface area contributed by atoms with Gasteiger partial charge in [0.2, 0.25) is 5.43 Å². The smallest absolute Gasteiger partial charge is 0.417 e. The zero-order valence-corrected chi connectivity index (χ0v) is 13.0. The SMILES string of the molecule is CCOC(=O)c1c(-c2ccc[nH]2)[nH]c2cccc(C(F)(F)F)c2c1=O. The van der Waals surface area contributed by atoms with E-state index in [4.69, 9.17) is 4.74 Å². The van der Waals surface area contributed by atoms with Crippen LogP contribution in [0.2, 0.25) is 0 Å². The maximum atomic E-state index is 13.3. The van der Waals surface area contributed by atoms with Crippen molar-refractivity contribution in [2.75, 3.05) is 6.61 Å². The van der Waals surface area contributed by atoms with Crippen molar-refractivity contribution >= 4 is 16.9 Å². The minimum atomic E-state index is -4.73. The monoisotopic (exact) mass is 350 g/mol. The van der Waals surface area contributed by atoms with Gasteiger partial charge in [0.1, 0.15) is 5.56 Å². The Labute approximate surface area is 139 Å². The molecular weight excluding hydrogens is 337 g/mol. The molecule has 0 unspecified atom stereocenters. The van der Waals surface area contributed by atoms with Crippen molar-refractivity contribution in [2.24, 2.45) is 0 Å². The van der Waals surface area contributed by atoms with Gasteiger partial charge >= 0.3 is 12.1 Å². The highest BCUT2D eigenvalue weighted by molar-refractivity contribution is 6.00. The Kier molecular flexibility index (Phi) is 4.12. The number of carbonyl (C=O) groups is 1. The number of fused-ring (bicyclic) bond motifs is 1. The molecule has 0 radical (unpaired) electrons.